The van der Waals surface area contributed by atoms with Crippen molar-refractivity contribution in [2.75, 3.05) is 0 Å². The summed E-state index contributed by atoms with van der Waals surface area (Å²) in [5.41, 5.74) is 0.721. The van der Waals surface area contributed by atoms with Crippen molar-refractivity contribution in [2.24, 2.45) is 5.10 Å². The average Bonchev–Trinajstić information content (AvgIpc) is 2.99. The van der Waals surface area contributed by atoms with E-state index in [0.29, 0.717) is 5.76 Å². The Labute approximate surface area is 122 Å². The fraction of sp³-hybridized carbons (Fsp3) is 0. The molecule has 1 amide bonds. The number of nitrogens with one attached hydrogen (secondary N) is 1. The number of nitro benzene ring substituents is 2. The molecule has 1 heterocycles. The second-order valence-electron chi connectivity index (χ2n) is 3.97. The van der Waals surface area contributed by atoms with Crippen molar-refractivity contribution in [1.29, 1.82) is 0 Å². The highest BCUT2D eigenvalue weighted by Gasteiger charge is 2.19. The van der Waals surface area contributed by atoms with Gasteiger partial charge < -0.3 is 4.42 Å². The quantitative estimate of drug-likeness (QED) is 0.507. The van der Waals surface area contributed by atoms with Gasteiger partial charge in [0.2, 0.25) is 0 Å². The molecule has 112 valence electrons. The van der Waals surface area contributed by atoms with Gasteiger partial charge in [-0.25, -0.2) is 5.43 Å². The molecular weight excluding hydrogens is 296 g/mol. The summed E-state index contributed by atoms with van der Waals surface area (Å²) in [6.07, 6.45) is 2.62. The first-order valence-corrected chi connectivity index (χ1v) is 5.78. The second kappa shape index (κ2) is 6.26. The first-order valence-electron chi connectivity index (χ1n) is 5.78. The summed E-state index contributed by atoms with van der Waals surface area (Å²) < 4.78 is 4.94. The molecule has 2 rings (SSSR count). The van der Waals surface area contributed by atoms with Crippen LogP contribution in [0.5, 0.6) is 0 Å². The van der Waals surface area contributed by atoms with Crippen LogP contribution in [0.2, 0.25) is 0 Å². The molecule has 0 atom stereocenters. The largest absolute Gasteiger partial charge is 0.463 e. The maximum Gasteiger partial charge on any atom is 0.277 e. The highest BCUT2D eigenvalue weighted by atomic mass is 16.6. The molecule has 0 bridgehead atoms. The SMILES string of the molecule is O=C(N/N=C/c1ccco1)c1cc([N+](=O)[O-])cc([N+](=O)[O-])c1. The minimum atomic E-state index is -0.824. The Hall–Kier alpha value is -3.56. The van der Waals surface area contributed by atoms with Gasteiger partial charge in [0.25, 0.3) is 17.3 Å². The molecule has 0 unspecified atom stereocenters. The molecule has 1 N–H and O–H groups in total. The zero-order valence-corrected chi connectivity index (χ0v) is 10.8. The predicted molar refractivity (Wildman–Crippen MR) is 73.5 cm³/mol. The minimum absolute atomic E-state index is 0.252. The first-order chi connectivity index (χ1) is 10.5. The molecule has 0 fully saturated rings. The van der Waals surface area contributed by atoms with Gasteiger partial charge in [-0.2, -0.15) is 5.10 Å². The van der Waals surface area contributed by atoms with Crippen LogP contribution < -0.4 is 5.43 Å². The summed E-state index contributed by atoms with van der Waals surface area (Å²) in [6, 6.07) is 5.82. The van der Waals surface area contributed by atoms with Gasteiger partial charge in [-0.15, -0.1) is 0 Å². The van der Waals surface area contributed by atoms with Crippen LogP contribution in [0, 0.1) is 20.2 Å². The number of benzene rings is 1. The van der Waals surface area contributed by atoms with Gasteiger partial charge in [0.05, 0.1) is 34.0 Å². The topological polar surface area (TPSA) is 141 Å². The molecule has 10 heteroatoms. The van der Waals surface area contributed by atoms with Gasteiger partial charge in [0.15, 0.2) is 0 Å². The van der Waals surface area contributed by atoms with Crippen LogP contribution in [-0.2, 0) is 0 Å². The van der Waals surface area contributed by atoms with Crippen LogP contribution >= 0.6 is 0 Å². The van der Waals surface area contributed by atoms with Crippen molar-refractivity contribution in [2.45, 2.75) is 0 Å². The van der Waals surface area contributed by atoms with E-state index in [1.165, 1.54) is 12.5 Å². The lowest BCUT2D eigenvalue weighted by molar-refractivity contribution is -0.394. The van der Waals surface area contributed by atoms with Crippen molar-refractivity contribution in [1.82, 2.24) is 5.43 Å². The van der Waals surface area contributed by atoms with Gasteiger partial charge in [-0.1, -0.05) is 0 Å². The third-order valence-electron chi connectivity index (χ3n) is 2.49. The number of carbonyl (C=O) groups is 1. The van der Waals surface area contributed by atoms with E-state index in [-0.39, 0.29) is 5.56 Å². The molecule has 0 aliphatic heterocycles. The smallest absolute Gasteiger partial charge is 0.277 e. The molecule has 0 saturated heterocycles. The molecule has 10 nitrogen and oxygen atoms in total. The zero-order valence-electron chi connectivity index (χ0n) is 10.8. The normalized spacial score (nSPS) is 10.5. The van der Waals surface area contributed by atoms with Crippen LogP contribution in [0.25, 0.3) is 0 Å². The highest BCUT2D eigenvalue weighted by Crippen LogP contribution is 2.22. The van der Waals surface area contributed by atoms with E-state index in [0.717, 1.165) is 18.2 Å². The lowest BCUT2D eigenvalue weighted by atomic mass is 10.1. The third-order valence-corrected chi connectivity index (χ3v) is 2.49. The molecule has 0 aliphatic carbocycles. The number of hydrogen-bond acceptors (Lipinski definition) is 7. The molecule has 0 radical (unpaired) electrons. The summed E-state index contributed by atoms with van der Waals surface area (Å²) in [7, 11) is 0. The van der Waals surface area contributed by atoms with Crippen LogP contribution in [0.3, 0.4) is 0 Å². The van der Waals surface area contributed by atoms with Gasteiger partial charge in [-0.05, 0) is 12.1 Å². The highest BCUT2D eigenvalue weighted by molar-refractivity contribution is 5.96. The van der Waals surface area contributed by atoms with Gasteiger partial charge >= 0.3 is 0 Å². The van der Waals surface area contributed by atoms with Crippen molar-refractivity contribution >= 4 is 23.5 Å². The van der Waals surface area contributed by atoms with E-state index in [1.54, 1.807) is 12.1 Å². The molecule has 1 aromatic carbocycles. The Morgan fingerprint density at radius 2 is 1.82 bits per heavy atom. The summed E-state index contributed by atoms with van der Waals surface area (Å²) in [5.74, 6) is -0.445. The number of rotatable bonds is 5. The summed E-state index contributed by atoms with van der Waals surface area (Å²) in [4.78, 5) is 31.6. The Morgan fingerprint density at radius 3 is 2.32 bits per heavy atom. The van der Waals surface area contributed by atoms with Crippen LogP contribution in [0.4, 0.5) is 11.4 Å². The second-order valence-corrected chi connectivity index (χ2v) is 3.97. The minimum Gasteiger partial charge on any atom is -0.463 e. The fourth-order valence-electron chi connectivity index (χ4n) is 1.52. The molecule has 2 aromatic rings. The summed E-state index contributed by atoms with van der Waals surface area (Å²) in [5, 5.41) is 25.0. The Morgan fingerprint density at radius 1 is 1.18 bits per heavy atom. The van der Waals surface area contributed by atoms with Gasteiger partial charge in [0, 0.05) is 12.1 Å². The first kappa shape index (κ1) is 14.8. The van der Waals surface area contributed by atoms with Crippen molar-refractivity contribution < 1.29 is 19.1 Å². The maximum absolute atomic E-state index is 11.8. The number of furan rings is 1. The summed E-state index contributed by atoms with van der Waals surface area (Å²) in [6.45, 7) is 0. The van der Waals surface area contributed by atoms with Crippen LogP contribution in [0.15, 0.2) is 46.1 Å². The van der Waals surface area contributed by atoms with Crippen LogP contribution in [-0.4, -0.2) is 22.0 Å². The molecular formula is C12H8N4O6. The Kier molecular flexibility index (Phi) is 4.22. The lowest BCUT2D eigenvalue weighted by Gasteiger charge is -2.00. The zero-order chi connectivity index (χ0) is 16.1. The van der Waals surface area contributed by atoms with E-state index in [4.69, 9.17) is 4.42 Å². The van der Waals surface area contributed by atoms with Gasteiger partial charge in [0.1, 0.15) is 5.76 Å². The number of non-ortho nitro benzene ring substituents is 2. The van der Waals surface area contributed by atoms with E-state index >= 15 is 0 Å². The number of hydrazone groups is 1. The third kappa shape index (κ3) is 3.50. The van der Waals surface area contributed by atoms with Gasteiger partial charge in [-0.3, -0.25) is 25.0 Å². The van der Waals surface area contributed by atoms with E-state index < -0.39 is 27.1 Å². The Bertz CT molecular complexity index is 721. The molecule has 1 aromatic heterocycles. The maximum atomic E-state index is 11.8. The van der Waals surface area contributed by atoms with E-state index in [9.17, 15) is 25.0 Å². The fourth-order valence-corrected chi connectivity index (χ4v) is 1.52. The summed E-state index contributed by atoms with van der Waals surface area (Å²) >= 11 is 0. The Balaban J connectivity index is 2.21. The number of carbonyl (C=O) groups excluding carboxylic acids is 1. The van der Waals surface area contributed by atoms with Crippen molar-refractivity contribution in [3.63, 3.8) is 0 Å². The van der Waals surface area contributed by atoms with E-state index in [2.05, 4.69) is 10.5 Å². The van der Waals surface area contributed by atoms with Crippen molar-refractivity contribution in [3.8, 4) is 0 Å². The number of nitro groups is 2. The molecule has 0 spiro atoms. The monoisotopic (exact) mass is 304 g/mol. The average molecular weight is 304 g/mol. The molecule has 0 aliphatic rings. The lowest BCUT2D eigenvalue weighted by Crippen LogP contribution is -2.18. The molecule has 22 heavy (non-hydrogen) atoms. The number of amides is 1. The standard InChI is InChI=1S/C12H8N4O6/c17-12(14-13-7-11-2-1-3-22-11)8-4-9(15(18)19)6-10(5-8)16(20)21/h1-7H,(H,14,17)/b13-7+. The number of hydrogen-bond donors (Lipinski definition) is 1. The number of nitrogens with zero attached hydrogens (tertiary/aromatic N) is 3. The van der Waals surface area contributed by atoms with Crippen molar-refractivity contribution in [3.05, 3.63) is 68.1 Å². The van der Waals surface area contributed by atoms with E-state index in [1.807, 2.05) is 0 Å². The molecule has 0 saturated carbocycles. The van der Waals surface area contributed by atoms with Crippen LogP contribution in [0.1, 0.15) is 16.1 Å². The predicted octanol–water partition coefficient (Wildman–Crippen LogP) is 1.86.